The quantitative estimate of drug-likeness (QED) is 0.682. The van der Waals surface area contributed by atoms with Crippen LogP contribution in [0.15, 0.2) is 30.0 Å². The Morgan fingerprint density at radius 3 is 2.89 bits per heavy atom. The first-order valence-electron chi connectivity index (χ1n) is 5.68. The highest BCUT2D eigenvalue weighted by atomic mass is 15.0. The van der Waals surface area contributed by atoms with Crippen LogP contribution in [0.3, 0.4) is 0 Å². The lowest BCUT2D eigenvalue weighted by Gasteiger charge is -2.09. The minimum Gasteiger partial charge on any atom is -0.383 e. The molecule has 2 rings (SSSR count). The third-order valence-corrected chi connectivity index (χ3v) is 2.67. The number of nitriles is 2. The lowest BCUT2D eigenvalue weighted by Crippen LogP contribution is -2.16. The van der Waals surface area contributed by atoms with Crippen molar-refractivity contribution in [1.29, 1.82) is 10.5 Å². The van der Waals surface area contributed by atoms with Crippen LogP contribution in [-0.4, -0.2) is 13.1 Å². The predicted molar refractivity (Wildman–Crippen MR) is 69.6 cm³/mol. The van der Waals surface area contributed by atoms with E-state index in [0.717, 1.165) is 31.0 Å². The molecule has 1 aliphatic heterocycles. The van der Waals surface area contributed by atoms with Crippen molar-refractivity contribution in [2.24, 2.45) is 0 Å². The third kappa shape index (κ3) is 2.79. The van der Waals surface area contributed by atoms with Gasteiger partial charge in [0.1, 0.15) is 17.7 Å². The Hall–Kier alpha value is -2.50. The van der Waals surface area contributed by atoms with Crippen molar-refractivity contribution < 1.29 is 0 Å². The van der Waals surface area contributed by atoms with E-state index in [1.54, 1.807) is 12.1 Å². The van der Waals surface area contributed by atoms with Crippen LogP contribution in [0.1, 0.15) is 5.56 Å². The number of hydrogen-bond donors (Lipinski definition) is 3. The number of hydrogen-bond acceptors (Lipinski definition) is 5. The summed E-state index contributed by atoms with van der Waals surface area (Å²) in [5.74, 6) is 0. The number of anilines is 2. The van der Waals surface area contributed by atoms with Crippen molar-refractivity contribution in [1.82, 2.24) is 5.32 Å². The fourth-order valence-corrected chi connectivity index (χ4v) is 1.74. The first-order chi connectivity index (χ1) is 8.83. The molecule has 0 bridgehead atoms. The average Bonchev–Trinajstić information content (AvgIpc) is 2.64. The van der Waals surface area contributed by atoms with Gasteiger partial charge in [-0.05, 0) is 17.7 Å². The normalized spacial score (nSPS) is 13.0. The first kappa shape index (κ1) is 12.0. The third-order valence-electron chi connectivity index (χ3n) is 2.67. The highest BCUT2D eigenvalue weighted by Crippen LogP contribution is 2.22. The maximum atomic E-state index is 8.63. The molecule has 90 valence electrons. The SMILES string of the molecule is N#CC(C#N)=CNc1ccc2c(c1)NCCNC2. The molecule has 0 saturated carbocycles. The second kappa shape index (κ2) is 5.72. The van der Waals surface area contributed by atoms with E-state index < -0.39 is 0 Å². The van der Waals surface area contributed by atoms with E-state index >= 15 is 0 Å². The van der Waals surface area contributed by atoms with E-state index in [1.165, 1.54) is 11.8 Å². The number of rotatable bonds is 2. The van der Waals surface area contributed by atoms with Crippen molar-refractivity contribution in [3.8, 4) is 12.1 Å². The van der Waals surface area contributed by atoms with Gasteiger partial charge in [-0.2, -0.15) is 10.5 Å². The van der Waals surface area contributed by atoms with Gasteiger partial charge < -0.3 is 16.0 Å². The Balaban J connectivity index is 2.17. The summed E-state index contributed by atoms with van der Waals surface area (Å²) in [4.78, 5) is 0. The van der Waals surface area contributed by atoms with Crippen molar-refractivity contribution in [2.75, 3.05) is 23.7 Å². The summed E-state index contributed by atoms with van der Waals surface area (Å²) in [6.45, 7) is 2.67. The van der Waals surface area contributed by atoms with Gasteiger partial charge in [0.2, 0.25) is 0 Å². The number of allylic oxidation sites excluding steroid dienone is 1. The van der Waals surface area contributed by atoms with Gasteiger partial charge >= 0.3 is 0 Å². The molecular weight excluding hydrogens is 226 g/mol. The van der Waals surface area contributed by atoms with Crippen LogP contribution >= 0.6 is 0 Å². The van der Waals surface area contributed by atoms with Crippen LogP contribution in [0.25, 0.3) is 0 Å². The summed E-state index contributed by atoms with van der Waals surface area (Å²) in [6.07, 6.45) is 1.41. The Morgan fingerprint density at radius 2 is 2.11 bits per heavy atom. The van der Waals surface area contributed by atoms with Crippen LogP contribution in [0.2, 0.25) is 0 Å². The standard InChI is InChI=1S/C13H13N5/c14-6-10(7-15)8-18-12-2-1-11-9-16-3-4-17-13(11)5-12/h1-2,5,8,16-18H,3-4,9H2. The molecule has 0 saturated heterocycles. The molecule has 1 aliphatic rings. The van der Waals surface area contributed by atoms with Gasteiger partial charge in [0, 0.05) is 37.2 Å². The van der Waals surface area contributed by atoms with Gasteiger partial charge in [0.25, 0.3) is 0 Å². The van der Waals surface area contributed by atoms with Crippen molar-refractivity contribution >= 4 is 11.4 Å². The number of nitrogens with zero attached hydrogens (tertiary/aromatic N) is 2. The predicted octanol–water partition coefficient (Wildman–Crippen LogP) is 1.54. The van der Waals surface area contributed by atoms with Gasteiger partial charge in [-0.15, -0.1) is 0 Å². The van der Waals surface area contributed by atoms with E-state index in [1.807, 2.05) is 18.2 Å². The molecule has 0 fully saturated rings. The highest BCUT2D eigenvalue weighted by molar-refractivity contribution is 5.63. The molecule has 1 aromatic rings. The molecule has 5 heteroatoms. The zero-order valence-corrected chi connectivity index (χ0v) is 9.83. The molecule has 0 aliphatic carbocycles. The van der Waals surface area contributed by atoms with Crippen molar-refractivity contribution in [2.45, 2.75) is 6.54 Å². The molecule has 0 atom stereocenters. The minimum absolute atomic E-state index is 0.0552. The van der Waals surface area contributed by atoms with Crippen molar-refractivity contribution in [3.05, 3.63) is 35.5 Å². The second-order valence-electron chi connectivity index (χ2n) is 3.90. The Morgan fingerprint density at radius 1 is 1.28 bits per heavy atom. The highest BCUT2D eigenvalue weighted by Gasteiger charge is 2.06. The van der Waals surface area contributed by atoms with E-state index in [0.29, 0.717) is 0 Å². The summed E-state index contributed by atoms with van der Waals surface area (Å²) in [7, 11) is 0. The molecule has 0 unspecified atom stereocenters. The smallest absolute Gasteiger partial charge is 0.145 e. The van der Waals surface area contributed by atoms with E-state index in [-0.39, 0.29) is 5.57 Å². The zero-order valence-electron chi connectivity index (χ0n) is 9.83. The summed E-state index contributed by atoms with van der Waals surface area (Å²) in [5, 5.41) is 26.9. The zero-order chi connectivity index (χ0) is 12.8. The number of nitrogens with one attached hydrogen (secondary N) is 3. The van der Waals surface area contributed by atoms with Crippen LogP contribution in [0, 0.1) is 22.7 Å². The molecule has 1 heterocycles. The van der Waals surface area contributed by atoms with Crippen LogP contribution in [0.5, 0.6) is 0 Å². The molecule has 0 radical (unpaired) electrons. The minimum atomic E-state index is 0.0552. The summed E-state index contributed by atoms with van der Waals surface area (Å²) < 4.78 is 0. The Kier molecular flexibility index (Phi) is 3.80. The molecule has 5 nitrogen and oxygen atoms in total. The Labute approximate surface area is 106 Å². The summed E-state index contributed by atoms with van der Waals surface area (Å²) >= 11 is 0. The van der Waals surface area contributed by atoms with Crippen molar-refractivity contribution in [3.63, 3.8) is 0 Å². The first-order valence-corrected chi connectivity index (χ1v) is 5.68. The lowest BCUT2D eigenvalue weighted by molar-refractivity contribution is 0.725. The monoisotopic (exact) mass is 239 g/mol. The fourth-order valence-electron chi connectivity index (χ4n) is 1.74. The Bertz CT molecular complexity index is 531. The molecule has 0 amide bonds. The lowest BCUT2D eigenvalue weighted by atomic mass is 10.1. The van der Waals surface area contributed by atoms with Gasteiger partial charge in [-0.1, -0.05) is 6.07 Å². The number of fused-ring (bicyclic) bond motifs is 1. The molecule has 3 N–H and O–H groups in total. The van der Waals surface area contributed by atoms with Gasteiger partial charge in [0.15, 0.2) is 0 Å². The van der Waals surface area contributed by atoms with E-state index in [4.69, 9.17) is 10.5 Å². The molecule has 0 spiro atoms. The van der Waals surface area contributed by atoms with Gasteiger partial charge in [-0.3, -0.25) is 0 Å². The average molecular weight is 239 g/mol. The van der Waals surface area contributed by atoms with Crippen LogP contribution in [-0.2, 0) is 6.54 Å². The molecule has 1 aromatic carbocycles. The molecule has 0 aromatic heterocycles. The van der Waals surface area contributed by atoms with Gasteiger partial charge in [0.05, 0.1) is 0 Å². The summed E-state index contributed by atoms with van der Waals surface area (Å²) in [5.41, 5.74) is 3.20. The van der Waals surface area contributed by atoms with E-state index in [2.05, 4.69) is 16.0 Å². The van der Waals surface area contributed by atoms with Gasteiger partial charge in [-0.25, -0.2) is 0 Å². The van der Waals surface area contributed by atoms with Crippen LogP contribution in [0.4, 0.5) is 11.4 Å². The second-order valence-corrected chi connectivity index (χ2v) is 3.90. The molecular formula is C13H13N5. The maximum Gasteiger partial charge on any atom is 0.145 e. The topological polar surface area (TPSA) is 83.7 Å². The summed E-state index contributed by atoms with van der Waals surface area (Å²) in [6, 6.07) is 9.54. The molecule has 18 heavy (non-hydrogen) atoms. The largest absolute Gasteiger partial charge is 0.383 e. The fraction of sp³-hybridized carbons (Fsp3) is 0.231. The van der Waals surface area contributed by atoms with E-state index in [9.17, 15) is 0 Å². The van der Waals surface area contributed by atoms with Crippen LogP contribution < -0.4 is 16.0 Å². The maximum absolute atomic E-state index is 8.63. The number of benzene rings is 1.